The van der Waals surface area contributed by atoms with Gasteiger partial charge in [-0.25, -0.2) is 4.99 Å². The molecular formula is C24H13Br2Cl2N3O2S. The molecule has 34 heavy (non-hydrogen) atoms. The number of halogens is 4. The van der Waals surface area contributed by atoms with Gasteiger partial charge in [-0.1, -0.05) is 47.5 Å². The third-order valence-corrected chi connectivity index (χ3v) is 7.53. The van der Waals surface area contributed by atoms with E-state index in [0.29, 0.717) is 46.1 Å². The van der Waals surface area contributed by atoms with Crippen molar-refractivity contribution in [3.8, 4) is 11.8 Å². The van der Waals surface area contributed by atoms with E-state index in [-0.39, 0.29) is 12.5 Å². The largest absolute Gasteiger partial charge is 0.486 e. The molecule has 3 aromatic carbocycles. The highest BCUT2D eigenvalue weighted by molar-refractivity contribution is 9.11. The van der Waals surface area contributed by atoms with Gasteiger partial charge in [0.05, 0.1) is 41.2 Å². The number of carbonyl (C=O) groups excluding carboxylic acids is 1. The molecule has 170 valence electrons. The van der Waals surface area contributed by atoms with E-state index >= 15 is 0 Å². The average molecular weight is 638 g/mol. The van der Waals surface area contributed by atoms with Crippen LogP contribution in [0.25, 0.3) is 6.08 Å². The maximum Gasteiger partial charge on any atom is 0.264 e. The zero-order valence-corrected chi connectivity index (χ0v) is 22.6. The monoisotopic (exact) mass is 635 g/mol. The molecule has 1 heterocycles. The van der Waals surface area contributed by atoms with Crippen molar-refractivity contribution < 1.29 is 9.53 Å². The molecule has 0 aliphatic carbocycles. The number of nitrogens with one attached hydrogen (secondary N) is 1. The van der Waals surface area contributed by atoms with Crippen LogP contribution in [0.3, 0.4) is 0 Å². The second-order valence-corrected chi connectivity index (χ2v) is 10.5. The minimum Gasteiger partial charge on any atom is -0.486 e. The molecule has 5 nitrogen and oxygen atoms in total. The normalized spacial score (nSPS) is 15.4. The van der Waals surface area contributed by atoms with Crippen LogP contribution in [0.15, 0.2) is 73.4 Å². The molecule has 1 fully saturated rings. The number of nitrogens with zero attached hydrogens (tertiary/aromatic N) is 2. The van der Waals surface area contributed by atoms with Gasteiger partial charge in [0.15, 0.2) is 5.17 Å². The summed E-state index contributed by atoms with van der Waals surface area (Å²) in [5.41, 5.74) is 2.61. The van der Waals surface area contributed by atoms with E-state index in [4.69, 9.17) is 27.9 Å². The van der Waals surface area contributed by atoms with Gasteiger partial charge in [-0.05, 0) is 85.6 Å². The summed E-state index contributed by atoms with van der Waals surface area (Å²) >= 11 is 20.5. The number of rotatable bonds is 5. The first-order chi connectivity index (χ1) is 16.4. The minimum atomic E-state index is -0.261. The molecule has 1 aliphatic heterocycles. The smallest absolute Gasteiger partial charge is 0.264 e. The highest BCUT2D eigenvalue weighted by atomic mass is 79.9. The van der Waals surface area contributed by atoms with E-state index in [1.54, 1.807) is 30.3 Å². The molecule has 0 radical (unpaired) electrons. The summed E-state index contributed by atoms with van der Waals surface area (Å²) < 4.78 is 7.35. The number of amides is 1. The Morgan fingerprint density at radius 1 is 1.12 bits per heavy atom. The second-order valence-electron chi connectivity index (χ2n) is 6.93. The van der Waals surface area contributed by atoms with E-state index in [0.717, 1.165) is 11.1 Å². The molecule has 0 unspecified atom stereocenters. The summed E-state index contributed by atoms with van der Waals surface area (Å²) in [5, 5.41) is 13.1. The van der Waals surface area contributed by atoms with Crippen molar-refractivity contribution in [2.24, 2.45) is 4.99 Å². The Hall–Kier alpha value is -2.28. The quantitative estimate of drug-likeness (QED) is 0.289. The van der Waals surface area contributed by atoms with Gasteiger partial charge in [-0.15, -0.1) is 0 Å². The summed E-state index contributed by atoms with van der Waals surface area (Å²) in [7, 11) is 0. The third kappa shape index (κ3) is 5.68. The third-order valence-electron chi connectivity index (χ3n) is 4.63. The Morgan fingerprint density at radius 3 is 2.59 bits per heavy atom. The molecule has 1 saturated heterocycles. The molecule has 1 amide bonds. The summed E-state index contributed by atoms with van der Waals surface area (Å²) in [4.78, 5) is 17.4. The first-order valence-electron chi connectivity index (χ1n) is 9.69. The fourth-order valence-electron chi connectivity index (χ4n) is 3.03. The van der Waals surface area contributed by atoms with Crippen LogP contribution in [0, 0.1) is 11.3 Å². The van der Waals surface area contributed by atoms with Gasteiger partial charge in [-0.3, -0.25) is 4.79 Å². The lowest BCUT2D eigenvalue weighted by molar-refractivity contribution is -0.115. The van der Waals surface area contributed by atoms with Crippen molar-refractivity contribution in [1.29, 1.82) is 5.26 Å². The molecule has 3 aromatic rings. The van der Waals surface area contributed by atoms with Crippen LogP contribution in [0.4, 0.5) is 5.69 Å². The van der Waals surface area contributed by atoms with Crippen molar-refractivity contribution in [2.75, 3.05) is 0 Å². The molecular weight excluding hydrogens is 625 g/mol. The number of aliphatic imine (C=N–C) groups is 1. The molecule has 1 N–H and O–H groups in total. The highest BCUT2D eigenvalue weighted by Gasteiger charge is 2.24. The first-order valence-corrected chi connectivity index (χ1v) is 12.8. The fraction of sp³-hybridized carbons (Fsp3) is 0.0417. The Bertz CT molecular complexity index is 1380. The molecule has 0 spiro atoms. The number of carbonyl (C=O) groups is 1. The molecule has 1 aliphatic rings. The lowest BCUT2D eigenvalue weighted by atomic mass is 10.1. The van der Waals surface area contributed by atoms with Crippen LogP contribution in [0.1, 0.15) is 16.7 Å². The number of thioether (sulfide) groups is 1. The average Bonchev–Trinajstić information content (AvgIpc) is 3.15. The van der Waals surface area contributed by atoms with E-state index < -0.39 is 0 Å². The van der Waals surface area contributed by atoms with E-state index in [2.05, 4.69) is 48.2 Å². The summed E-state index contributed by atoms with van der Waals surface area (Å²) in [6, 6.07) is 18.3. The van der Waals surface area contributed by atoms with Crippen molar-refractivity contribution in [1.82, 2.24) is 5.32 Å². The molecule has 0 aromatic heterocycles. The maximum atomic E-state index is 12.5. The van der Waals surface area contributed by atoms with E-state index in [1.807, 2.05) is 30.3 Å². The van der Waals surface area contributed by atoms with Gasteiger partial charge in [0.25, 0.3) is 5.91 Å². The summed E-state index contributed by atoms with van der Waals surface area (Å²) in [5.74, 6) is 0.332. The number of benzene rings is 3. The van der Waals surface area contributed by atoms with Gasteiger partial charge in [0.1, 0.15) is 12.4 Å². The predicted octanol–water partition coefficient (Wildman–Crippen LogP) is 7.86. The van der Waals surface area contributed by atoms with Crippen LogP contribution in [-0.2, 0) is 11.4 Å². The lowest BCUT2D eigenvalue weighted by Crippen LogP contribution is -2.19. The van der Waals surface area contributed by atoms with E-state index in [9.17, 15) is 10.1 Å². The number of amidine groups is 1. The van der Waals surface area contributed by atoms with Gasteiger partial charge in [-0.2, -0.15) is 5.26 Å². The molecule has 0 atom stereocenters. The molecule has 10 heteroatoms. The van der Waals surface area contributed by atoms with Crippen molar-refractivity contribution >= 4 is 89.7 Å². The van der Waals surface area contributed by atoms with Crippen LogP contribution >= 0.6 is 66.8 Å². The van der Waals surface area contributed by atoms with Gasteiger partial charge in [0, 0.05) is 5.56 Å². The Labute approximate surface area is 227 Å². The summed E-state index contributed by atoms with van der Waals surface area (Å²) in [6.07, 6.45) is 1.76. The van der Waals surface area contributed by atoms with E-state index in [1.165, 1.54) is 11.8 Å². The number of ether oxygens (including phenoxy) is 1. The Balaban J connectivity index is 1.53. The van der Waals surface area contributed by atoms with Crippen LogP contribution < -0.4 is 10.1 Å². The molecule has 0 saturated carbocycles. The van der Waals surface area contributed by atoms with Gasteiger partial charge >= 0.3 is 0 Å². The van der Waals surface area contributed by atoms with Crippen molar-refractivity contribution in [3.63, 3.8) is 0 Å². The van der Waals surface area contributed by atoms with Crippen LogP contribution in [-0.4, -0.2) is 11.1 Å². The molecule has 0 bridgehead atoms. The maximum absolute atomic E-state index is 12.5. The minimum absolute atomic E-state index is 0.242. The lowest BCUT2D eigenvalue weighted by Gasteiger charge is -2.12. The molecule has 4 rings (SSSR count). The van der Waals surface area contributed by atoms with Gasteiger partial charge < -0.3 is 10.1 Å². The first kappa shape index (κ1) is 24.8. The SMILES string of the molecule is N#Cc1ccccc1COc1c(Br)cc(/C=C2/SC(=Nc3cccc(Cl)c3Cl)NC2=O)cc1Br. The van der Waals surface area contributed by atoms with Gasteiger partial charge in [0.2, 0.25) is 0 Å². The second kappa shape index (κ2) is 11.0. The highest BCUT2D eigenvalue weighted by Crippen LogP contribution is 2.38. The topological polar surface area (TPSA) is 74.5 Å². The fourth-order valence-corrected chi connectivity index (χ4v) is 5.65. The zero-order valence-electron chi connectivity index (χ0n) is 17.1. The van der Waals surface area contributed by atoms with Crippen molar-refractivity contribution in [2.45, 2.75) is 6.61 Å². The number of hydrogen-bond acceptors (Lipinski definition) is 5. The standard InChI is InChI=1S/C24H13Br2Cl2N3O2S/c25-16-8-13(9-17(26)22(16)33-12-15-5-2-1-4-14(15)11-29)10-20-23(32)31-24(34-20)30-19-7-3-6-18(27)21(19)28/h1-10H,12H2,(H,30,31,32)/b20-10+. The zero-order chi connectivity index (χ0) is 24.2. The number of hydrogen-bond donors (Lipinski definition) is 1. The Kier molecular flexibility index (Phi) is 8.02. The number of nitriles is 1. The Morgan fingerprint density at radius 2 is 1.85 bits per heavy atom. The summed E-state index contributed by atoms with van der Waals surface area (Å²) in [6.45, 7) is 0.242. The van der Waals surface area contributed by atoms with Crippen LogP contribution in [0.2, 0.25) is 10.0 Å². The van der Waals surface area contributed by atoms with Crippen LogP contribution in [0.5, 0.6) is 5.75 Å². The van der Waals surface area contributed by atoms with Crippen molar-refractivity contribution in [3.05, 3.63) is 95.2 Å². The predicted molar refractivity (Wildman–Crippen MR) is 145 cm³/mol.